The quantitative estimate of drug-likeness (QED) is 0.518. The number of piperidine rings is 1. The number of benzene rings is 2. The normalized spacial score (nSPS) is 15.2. The smallest absolute Gasteiger partial charge is 0.411 e. The molecule has 4 rings (SSSR count). The number of hydrogen-bond acceptors (Lipinski definition) is 5. The molecular formula is C22H23BrN4O3. The van der Waals surface area contributed by atoms with Crippen molar-refractivity contribution >= 4 is 44.4 Å². The molecule has 2 heterocycles. The van der Waals surface area contributed by atoms with Crippen LogP contribution in [0, 0.1) is 5.92 Å². The first-order chi connectivity index (χ1) is 14.6. The van der Waals surface area contributed by atoms with Crippen LogP contribution in [0.15, 0.2) is 53.1 Å². The summed E-state index contributed by atoms with van der Waals surface area (Å²) in [6.45, 7) is 2.62. The van der Waals surface area contributed by atoms with Crippen LogP contribution in [0.5, 0.6) is 0 Å². The monoisotopic (exact) mass is 470 g/mol. The Morgan fingerprint density at radius 2 is 1.93 bits per heavy atom. The summed E-state index contributed by atoms with van der Waals surface area (Å²) in [4.78, 5) is 26.9. The number of nitrogens with zero attached hydrogens (tertiary/aromatic N) is 2. The summed E-state index contributed by atoms with van der Waals surface area (Å²) < 4.78 is 6.28. The Bertz CT molecular complexity index is 1030. The molecule has 0 saturated carbocycles. The predicted molar refractivity (Wildman–Crippen MR) is 119 cm³/mol. The maximum atomic E-state index is 12.6. The van der Waals surface area contributed by atoms with Gasteiger partial charge in [-0.2, -0.15) is 5.10 Å². The SMILES string of the molecule is O=C(Nc1ccc2cn[nH]c2c1)OCCN1CCC(C(=O)c2ccc(Br)cc2)CC1. The van der Waals surface area contributed by atoms with Crippen molar-refractivity contribution in [3.05, 3.63) is 58.7 Å². The number of likely N-dealkylation sites (tertiary alicyclic amines) is 1. The van der Waals surface area contributed by atoms with Gasteiger partial charge < -0.3 is 4.74 Å². The summed E-state index contributed by atoms with van der Waals surface area (Å²) in [6.07, 6.45) is 2.90. The van der Waals surface area contributed by atoms with E-state index in [1.54, 1.807) is 6.20 Å². The number of anilines is 1. The van der Waals surface area contributed by atoms with E-state index in [0.717, 1.165) is 46.9 Å². The van der Waals surface area contributed by atoms with Crippen LogP contribution < -0.4 is 5.32 Å². The third-order valence-corrected chi connectivity index (χ3v) is 5.94. The molecule has 1 aliphatic rings. The number of halogens is 1. The third-order valence-electron chi connectivity index (χ3n) is 5.42. The summed E-state index contributed by atoms with van der Waals surface area (Å²) in [6, 6.07) is 13.1. The summed E-state index contributed by atoms with van der Waals surface area (Å²) >= 11 is 3.40. The molecule has 1 aliphatic heterocycles. The molecule has 7 nitrogen and oxygen atoms in total. The first-order valence-corrected chi connectivity index (χ1v) is 10.8. The highest BCUT2D eigenvalue weighted by Crippen LogP contribution is 2.23. The molecule has 0 bridgehead atoms. The molecule has 156 valence electrons. The van der Waals surface area contributed by atoms with Crippen LogP contribution >= 0.6 is 15.9 Å². The number of aromatic nitrogens is 2. The van der Waals surface area contributed by atoms with Gasteiger partial charge in [-0.25, -0.2) is 4.79 Å². The molecule has 1 fully saturated rings. The number of carbonyl (C=O) groups excluding carboxylic acids is 2. The lowest BCUT2D eigenvalue weighted by molar-refractivity contribution is 0.0813. The number of H-pyrrole nitrogens is 1. The van der Waals surface area contributed by atoms with Crippen molar-refractivity contribution in [1.29, 1.82) is 0 Å². The zero-order valence-corrected chi connectivity index (χ0v) is 18.0. The molecule has 8 heteroatoms. The second kappa shape index (κ2) is 9.40. The Labute approximate surface area is 182 Å². The molecule has 0 atom stereocenters. The molecule has 2 aromatic carbocycles. The van der Waals surface area contributed by atoms with Crippen molar-refractivity contribution in [1.82, 2.24) is 15.1 Å². The molecule has 0 radical (unpaired) electrons. The number of ketones is 1. The molecule has 30 heavy (non-hydrogen) atoms. The Morgan fingerprint density at radius 3 is 2.70 bits per heavy atom. The third kappa shape index (κ3) is 5.06. The van der Waals surface area contributed by atoms with Gasteiger partial charge in [0, 0.05) is 33.6 Å². The van der Waals surface area contributed by atoms with Gasteiger partial charge in [-0.1, -0.05) is 28.1 Å². The Morgan fingerprint density at radius 1 is 1.17 bits per heavy atom. The summed E-state index contributed by atoms with van der Waals surface area (Å²) in [7, 11) is 0. The number of fused-ring (bicyclic) bond motifs is 1. The molecule has 3 aromatic rings. The Balaban J connectivity index is 1.18. The molecule has 1 aromatic heterocycles. The lowest BCUT2D eigenvalue weighted by Crippen LogP contribution is -2.38. The van der Waals surface area contributed by atoms with Crippen molar-refractivity contribution in [2.75, 3.05) is 31.6 Å². The highest BCUT2D eigenvalue weighted by atomic mass is 79.9. The number of ether oxygens (including phenoxy) is 1. The zero-order chi connectivity index (χ0) is 20.9. The van der Waals surface area contributed by atoms with E-state index >= 15 is 0 Å². The molecular weight excluding hydrogens is 448 g/mol. The van der Waals surface area contributed by atoms with E-state index in [1.807, 2.05) is 42.5 Å². The van der Waals surface area contributed by atoms with Gasteiger partial charge in [-0.3, -0.25) is 20.1 Å². The predicted octanol–water partition coefficient (Wildman–Crippen LogP) is 4.47. The second-order valence-electron chi connectivity index (χ2n) is 7.42. The van der Waals surface area contributed by atoms with Crippen LogP contribution in [0.4, 0.5) is 10.5 Å². The van der Waals surface area contributed by atoms with Crippen molar-refractivity contribution < 1.29 is 14.3 Å². The summed E-state index contributed by atoms with van der Waals surface area (Å²) in [5.41, 5.74) is 2.28. The Hall–Kier alpha value is -2.71. The number of aromatic amines is 1. The average molecular weight is 471 g/mol. The van der Waals surface area contributed by atoms with Crippen LogP contribution in [0.25, 0.3) is 10.9 Å². The molecule has 1 amide bonds. The van der Waals surface area contributed by atoms with E-state index in [9.17, 15) is 9.59 Å². The fraction of sp³-hybridized carbons (Fsp3) is 0.318. The minimum atomic E-state index is -0.478. The van der Waals surface area contributed by atoms with Crippen LogP contribution in [-0.4, -0.2) is 53.2 Å². The van der Waals surface area contributed by atoms with Crippen LogP contribution in [0.2, 0.25) is 0 Å². The van der Waals surface area contributed by atoms with Crippen molar-refractivity contribution in [3.63, 3.8) is 0 Å². The molecule has 1 saturated heterocycles. The number of Topliss-reactive ketones (excluding diaryl/α,β-unsaturated/α-hetero) is 1. The standard InChI is InChI=1S/C22H23BrN4O3/c23-18-4-1-15(2-5-18)21(28)16-7-9-27(10-8-16)11-12-30-22(29)25-19-6-3-17-14-24-26-20(17)13-19/h1-6,13-14,16H,7-12H2,(H,24,26)(H,25,29). The van der Waals surface area contributed by atoms with E-state index in [-0.39, 0.29) is 11.7 Å². The molecule has 0 unspecified atom stereocenters. The minimum absolute atomic E-state index is 0.0593. The number of amides is 1. The molecule has 0 spiro atoms. The van der Waals surface area contributed by atoms with E-state index < -0.39 is 6.09 Å². The number of hydrogen-bond donors (Lipinski definition) is 2. The van der Waals surface area contributed by atoms with E-state index in [4.69, 9.17) is 4.74 Å². The lowest BCUT2D eigenvalue weighted by atomic mass is 9.89. The van der Waals surface area contributed by atoms with Gasteiger partial charge in [0.15, 0.2) is 5.78 Å². The zero-order valence-electron chi connectivity index (χ0n) is 16.4. The average Bonchev–Trinajstić information content (AvgIpc) is 3.22. The lowest BCUT2D eigenvalue weighted by Gasteiger charge is -2.31. The fourth-order valence-electron chi connectivity index (χ4n) is 3.70. The summed E-state index contributed by atoms with van der Waals surface area (Å²) in [5, 5.41) is 10.5. The van der Waals surface area contributed by atoms with Gasteiger partial charge in [-0.05, 0) is 56.3 Å². The topological polar surface area (TPSA) is 87.3 Å². The number of nitrogens with one attached hydrogen (secondary N) is 2. The van der Waals surface area contributed by atoms with Gasteiger partial charge in [0.2, 0.25) is 0 Å². The molecule has 2 N–H and O–H groups in total. The van der Waals surface area contributed by atoms with Gasteiger partial charge in [0.25, 0.3) is 0 Å². The van der Waals surface area contributed by atoms with Crippen molar-refractivity contribution in [2.24, 2.45) is 5.92 Å². The largest absolute Gasteiger partial charge is 0.448 e. The fourth-order valence-corrected chi connectivity index (χ4v) is 3.97. The second-order valence-corrected chi connectivity index (χ2v) is 8.34. The molecule has 0 aliphatic carbocycles. The van der Waals surface area contributed by atoms with Gasteiger partial charge in [0.1, 0.15) is 6.61 Å². The van der Waals surface area contributed by atoms with Crippen LogP contribution in [0.1, 0.15) is 23.2 Å². The van der Waals surface area contributed by atoms with Crippen LogP contribution in [-0.2, 0) is 4.74 Å². The van der Waals surface area contributed by atoms with E-state index in [0.29, 0.717) is 18.8 Å². The summed E-state index contributed by atoms with van der Waals surface area (Å²) in [5.74, 6) is 0.274. The Kier molecular flexibility index (Phi) is 6.44. The first-order valence-electron chi connectivity index (χ1n) is 9.97. The van der Waals surface area contributed by atoms with E-state index in [1.165, 1.54) is 0 Å². The highest BCUT2D eigenvalue weighted by Gasteiger charge is 2.25. The van der Waals surface area contributed by atoms with Gasteiger partial charge >= 0.3 is 6.09 Å². The minimum Gasteiger partial charge on any atom is -0.448 e. The highest BCUT2D eigenvalue weighted by molar-refractivity contribution is 9.10. The van der Waals surface area contributed by atoms with Gasteiger partial charge in [0.05, 0.1) is 11.7 Å². The van der Waals surface area contributed by atoms with Crippen LogP contribution in [0.3, 0.4) is 0 Å². The maximum Gasteiger partial charge on any atom is 0.411 e. The van der Waals surface area contributed by atoms with Crippen molar-refractivity contribution in [3.8, 4) is 0 Å². The first kappa shape index (κ1) is 20.6. The maximum absolute atomic E-state index is 12.6. The number of rotatable bonds is 6. The van der Waals surface area contributed by atoms with Crippen molar-refractivity contribution in [2.45, 2.75) is 12.8 Å². The van der Waals surface area contributed by atoms with E-state index in [2.05, 4.69) is 36.3 Å². The number of carbonyl (C=O) groups is 2. The van der Waals surface area contributed by atoms with Gasteiger partial charge in [-0.15, -0.1) is 0 Å².